The molecular formula is C26H21Cl2N3O3S. The molecule has 0 unspecified atom stereocenters. The maximum absolute atomic E-state index is 6.39. The molecule has 1 N–H and O–H groups in total. The lowest BCUT2D eigenvalue weighted by Gasteiger charge is -2.27. The van der Waals surface area contributed by atoms with Crippen LogP contribution in [0.3, 0.4) is 0 Å². The number of nitrogens with one attached hydrogen (secondary N) is 1. The standard InChI is InChI=1S/C26H21Cl2N3O3S/c1-32-16-7-9-22(33-2)20(14-16)31-25(24(30-26(31)35)19-5-3-4-12-29-19)23-11-10-21(34-23)15-6-8-17(27)18(28)13-15/h3-14,24-25H,1-2H3,(H,30,35)/t24-,25+/m1/s1. The molecule has 1 aliphatic rings. The second-order valence-electron chi connectivity index (χ2n) is 7.87. The lowest BCUT2D eigenvalue weighted by molar-refractivity contribution is 0.400. The minimum Gasteiger partial charge on any atom is -0.497 e. The summed E-state index contributed by atoms with van der Waals surface area (Å²) in [5, 5.41) is 4.88. The molecule has 9 heteroatoms. The summed E-state index contributed by atoms with van der Waals surface area (Å²) in [6, 6.07) is 20.0. The van der Waals surface area contributed by atoms with Crippen LogP contribution in [-0.2, 0) is 0 Å². The van der Waals surface area contributed by atoms with Crippen molar-refractivity contribution in [3.8, 4) is 22.8 Å². The average molecular weight is 526 g/mol. The molecule has 35 heavy (non-hydrogen) atoms. The van der Waals surface area contributed by atoms with Gasteiger partial charge in [0.1, 0.15) is 29.1 Å². The molecule has 0 saturated carbocycles. The minimum atomic E-state index is -0.352. The molecule has 0 amide bonds. The average Bonchev–Trinajstić information content (AvgIpc) is 3.50. The molecule has 5 rings (SSSR count). The Morgan fingerprint density at radius 1 is 0.971 bits per heavy atom. The van der Waals surface area contributed by atoms with Crippen molar-refractivity contribution in [1.29, 1.82) is 0 Å². The highest BCUT2D eigenvalue weighted by atomic mass is 35.5. The van der Waals surface area contributed by atoms with E-state index in [4.69, 9.17) is 49.3 Å². The van der Waals surface area contributed by atoms with E-state index in [1.165, 1.54) is 0 Å². The number of benzene rings is 2. The summed E-state index contributed by atoms with van der Waals surface area (Å²) in [4.78, 5) is 6.56. The van der Waals surface area contributed by atoms with E-state index in [-0.39, 0.29) is 12.1 Å². The number of methoxy groups -OCH3 is 2. The van der Waals surface area contributed by atoms with E-state index in [1.807, 2.05) is 59.5 Å². The van der Waals surface area contributed by atoms with Crippen molar-refractivity contribution >= 4 is 46.2 Å². The molecule has 1 fully saturated rings. The summed E-state index contributed by atoms with van der Waals surface area (Å²) in [5.74, 6) is 2.69. The smallest absolute Gasteiger partial charge is 0.174 e. The predicted octanol–water partition coefficient (Wildman–Crippen LogP) is 6.84. The summed E-state index contributed by atoms with van der Waals surface area (Å²) in [5.41, 5.74) is 2.40. The van der Waals surface area contributed by atoms with E-state index in [0.29, 0.717) is 38.2 Å². The topological polar surface area (TPSA) is 59.8 Å². The molecule has 6 nitrogen and oxygen atoms in total. The Morgan fingerprint density at radius 2 is 1.83 bits per heavy atom. The van der Waals surface area contributed by atoms with Gasteiger partial charge in [0.25, 0.3) is 0 Å². The van der Waals surface area contributed by atoms with E-state index < -0.39 is 0 Å². The zero-order chi connectivity index (χ0) is 24.5. The minimum absolute atomic E-state index is 0.271. The molecule has 2 aromatic heterocycles. The quantitative estimate of drug-likeness (QED) is 0.276. The summed E-state index contributed by atoms with van der Waals surface area (Å²) in [6.45, 7) is 0. The van der Waals surface area contributed by atoms with Crippen molar-refractivity contribution < 1.29 is 13.9 Å². The zero-order valence-corrected chi connectivity index (χ0v) is 21.2. The summed E-state index contributed by atoms with van der Waals surface area (Å²) < 4.78 is 17.5. The number of ether oxygens (including phenoxy) is 2. The first-order valence-corrected chi connectivity index (χ1v) is 11.9. The van der Waals surface area contributed by atoms with Crippen LogP contribution in [0.1, 0.15) is 23.5 Å². The number of halogens is 2. The molecule has 3 heterocycles. The molecule has 1 aliphatic heterocycles. The molecule has 178 valence electrons. The Hall–Kier alpha value is -3.26. The Kier molecular flexibility index (Phi) is 6.56. The van der Waals surface area contributed by atoms with E-state index >= 15 is 0 Å². The second-order valence-corrected chi connectivity index (χ2v) is 9.07. The van der Waals surface area contributed by atoms with Gasteiger partial charge >= 0.3 is 0 Å². The van der Waals surface area contributed by atoms with Gasteiger partial charge < -0.3 is 24.1 Å². The number of pyridine rings is 1. The van der Waals surface area contributed by atoms with Gasteiger partial charge in [0, 0.05) is 17.8 Å². The van der Waals surface area contributed by atoms with E-state index in [1.54, 1.807) is 32.5 Å². The second kappa shape index (κ2) is 9.77. The molecule has 0 bridgehead atoms. The summed E-state index contributed by atoms with van der Waals surface area (Å²) >= 11 is 18.2. The first-order chi connectivity index (χ1) is 17.0. The van der Waals surface area contributed by atoms with Gasteiger partial charge in [-0.3, -0.25) is 4.98 Å². The number of thiocarbonyl (C=S) groups is 1. The SMILES string of the molecule is COc1ccc(OC)c(N2C(=S)N[C@H](c3ccccn3)[C@@H]2c2ccc(-c3ccc(Cl)c(Cl)c3)o2)c1. The largest absolute Gasteiger partial charge is 0.497 e. The summed E-state index contributed by atoms with van der Waals surface area (Å²) in [7, 11) is 3.24. The van der Waals surface area contributed by atoms with Gasteiger partial charge in [-0.25, -0.2) is 0 Å². The number of nitrogens with zero attached hydrogens (tertiary/aromatic N) is 2. The molecule has 0 spiro atoms. The first-order valence-electron chi connectivity index (χ1n) is 10.8. The maximum Gasteiger partial charge on any atom is 0.174 e. The van der Waals surface area contributed by atoms with Crippen LogP contribution in [-0.4, -0.2) is 24.3 Å². The Morgan fingerprint density at radius 3 is 2.54 bits per heavy atom. The van der Waals surface area contributed by atoms with Crippen molar-refractivity contribution in [1.82, 2.24) is 10.3 Å². The van der Waals surface area contributed by atoms with E-state index in [0.717, 1.165) is 16.9 Å². The van der Waals surface area contributed by atoms with E-state index in [2.05, 4.69) is 10.3 Å². The highest BCUT2D eigenvalue weighted by Gasteiger charge is 2.43. The van der Waals surface area contributed by atoms with Crippen molar-refractivity contribution in [2.45, 2.75) is 12.1 Å². The lowest BCUT2D eigenvalue weighted by Crippen LogP contribution is -2.29. The highest BCUT2D eigenvalue weighted by Crippen LogP contribution is 2.46. The molecule has 1 saturated heterocycles. The van der Waals surface area contributed by atoms with Crippen LogP contribution in [0.25, 0.3) is 11.3 Å². The third-order valence-electron chi connectivity index (χ3n) is 5.87. The van der Waals surface area contributed by atoms with Gasteiger partial charge in [0.15, 0.2) is 5.11 Å². The van der Waals surface area contributed by atoms with Gasteiger partial charge in [-0.05, 0) is 66.8 Å². The number of hydrogen-bond donors (Lipinski definition) is 1. The fourth-order valence-corrected chi connectivity index (χ4v) is 4.84. The zero-order valence-electron chi connectivity index (χ0n) is 18.9. The molecule has 2 atom stereocenters. The highest BCUT2D eigenvalue weighted by molar-refractivity contribution is 7.80. The fourth-order valence-electron chi connectivity index (χ4n) is 4.20. The molecule has 0 radical (unpaired) electrons. The number of anilines is 1. The molecular weight excluding hydrogens is 505 g/mol. The van der Waals surface area contributed by atoms with Crippen LogP contribution < -0.4 is 19.7 Å². The monoisotopic (exact) mass is 525 g/mol. The number of hydrogen-bond acceptors (Lipinski definition) is 5. The van der Waals surface area contributed by atoms with Crippen LogP contribution in [0.4, 0.5) is 5.69 Å². The third-order valence-corrected chi connectivity index (χ3v) is 6.92. The molecule has 0 aliphatic carbocycles. The maximum atomic E-state index is 6.39. The van der Waals surface area contributed by atoms with Crippen LogP contribution in [0, 0.1) is 0 Å². The Balaban J connectivity index is 1.64. The normalized spacial score (nSPS) is 17.4. The van der Waals surface area contributed by atoms with Crippen LogP contribution in [0.5, 0.6) is 11.5 Å². The van der Waals surface area contributed by atoms with Crippen LogP contribution in [0.15, 0.2) is 77.3 Å². The van der Waals surface area contributed by atoms with Crippen LogP contribution >= 0.6 is 35.4 Å². The van der Waals surface area contributed by atoms with Gasteiger partial charge in [0.05, 0.1) is 41.7 Å². The lowest BCUT2D eigenvalue weighted by atomic mass is 10.0. The van der Waals surface area contributed by atoms with Crippen molar-refractivity contribution in [3.63, 3.8) is 0 Å². The van der Waals surface area contributed by atoms with Gasteiger partial charge in [-0.2, -0.15) is 0 Å². The van der Waals surface area contributed by atoms with Crippen molar-refractivity contribution in [2.75, 3.05) is 19.1 Å². The Labute approximate surface area is 218 Å². The van der Waals surface area contributed by atoms with E-state index in [9.17, 15) is 0 Å². The fraction of sp³-hybridized carbons (Fsp3) is 0.154. The predicted molar refractivity (Wildman–Crippen MR) is 142 cm³/mol. The number of aromatic nitrogens is 1. The number of furan rings is 1. The van der Waals surface area contributed by atoms with Crippen molar-refractivity contribution in [3.05, 3.63) is 94.4 Å². The number of rotatable bonds is 6. The first kappa shape index (κ1) is 23.5. The molecule has 4 aromatic rings. The van der Waals surface area contributed by atoms with Gasteiger partial charge in [0.2, 0.25) is 0 Å². The molecule has 2 aromatic carbocycles. The Bertz CT molecular complexity index is 1380. The van der Waals surface area contributed by atoms with Gasteiger partial charge in [-0.15, -0.1) is 0 Å². The third kappa shape index (κ3) is 4.43. The van der Waals surface area contributed by atoms with Crippen LogP contribution in [0.2, 0.25) is 10.0 Å². The van der Waals surface area contributed by atoms with Gasteiger partial charge in [-0.1, -0.05) is 29.3 Å². The summed E-state index contributed by atoms with van der Waals surface area (Å²) in [6.07, 6.45) is 1.76. The van der Waals surface area contributed by atoms with Crippen molar-refractivity contribution in [2.24, 2.45) is 0 Å².